The summed E-state index contributed by atoms with van der Waals surface area (Å²) < 4.78 is 37.8. The van der Waals surface area contributed by atoms with Gasteiger partial charge in [0.15, 0.2) is 0 Å². The number of anilines is 1. The average molecular weight is 608 g/mol. The Balaban J connectivity index is 1.73. The SMILES string of the molecule is COc1cccc(CN(C(=O)CN(c2cccc(OC)c2)S(C)(=O)=O)C(Cc2ccccc2)C(=O)NC2CCCCC2)c1. The van der Waals surface area contributed by atoms with Crippen molar-refractivity contribution >= 4 is 27.5 Å². The molecule has 0 spiro atoms. The predicted molar refractivity (Wildman–Crippen MR) is 168 cm³/mol. The number of carbonyl (C=O) groups excluding carboxylic acids is 2. The molecule has 1 saturated carbocycles. The summed E-state index contributed by atoms with van der Waals surface area (Å²) in [6, 6.07) is 22.6. The Hall–Kier alpha value is -4.05. The Morgan fingerprint density at radius 3 is 2.14 bits per heavy atom. The molecule has 0 saturated heterocycles. The van der Waals surface area contributed by atoms with Crippen molar-refractivity contribution in [3.63, 3.8) is 0 Å². The van der Waals surface area contributed by atoms with E-state index in [9.17, 15) is 18.0 Å². The zero-order valence-electron chi connectivity index (χ0n) is 25.1. The Bertz CT molecular complexity index is 1470. The molecule has 9 nitrogen and oxygen atoms in total. The Morgan fingerprint density at radius 1 is 0.860 bits per heavy atom. The fourth-order valence-corrected chi connectivity index (χ4v) is 6.29. The van der Waals surface area contributed by atoms with Gasteiger partial charge < -0.3 is 19.7 Å². The number of benzene rings is 3. The van der Waals surface area contributed by atoms with Crippen molar-refractivity contribution in [2.75, 3.05) is 31.3 Å². The molecule has 0 radical (unpaired) electrons. The maximum Gasteiger partial charge on any atom is 0.244 e. The van der Waals surface area contributed by atoms with E-state index >= 15 is 0 Å². The Labute approximate surface area is 254 Å². The van der Waals surface area contributed by atoms with E-state index in [4.69, 9.17) is 9.47 Å². The first kappa shape index (κ1) is 31.9. The molecule has 3 aromatic carbocycles. The van der Waals surface area contributed by atoms with Crippen molar-refractivity contribution in [3.8, 4) is 11.5 Å². The largest absolute Gasteiger partial charge is 0.497 e. The summed E-state index contributed by atoms with van der Waals surface area (Å²) in [7, 11) is -0.817. The van der Waals surface area contributed by atoms with Crippen molar-refractivity contribution in [1.29, 1.82) is 0 Å². The first-order chi connectivity index (χ1) is 20.7. The average Bonchev–Trinajstić information content (AvgIpc) is 3.02. The van der Waals surface area contributed by atoms with E-state index in [1.165, 1.54) is 12.0 Å². The molecule has 1 aliphatic carbocycles. The van der Waals surface area contributed by atoms with Gasteiger partial charge in [-0.1, -0.05) is 67.8 Å². The smallest absolute Gasteiger partial charge is 0.244 e. The molecule has 3 aromatic rings. The molecule has 0 bridgehead atoms. The number of hydrogen-bond acceptors (Lipinski definition) is 6. The minimum Gasteiger partial charge on any atom is -0.497 e. The van der Waals surface area contributed by atoms with Gasteiger partial charge in [-0.05, 0) is 48.2 Å². The monoisotopic (exact) mass is 607 g/mol. The number of amides is 2. The second kappa shape index (κ2) is 14.9. The molecular formula is C33H41N3O6S. The number of methoxy groups -OCH3 is 2. The predicted octanol–water partition coefficient (Wildman–Crippen LogP) is 4.56. The highest BCUT2D eigenvalue weighted by Crippen LogP contribution is 2.25. The van der Waals surface area contributed by atoms with E-state index in [1.807, 2.05) is 48.5 Å². The molecule has 2 amide bonds. The summed E-state index contributed by atoms with van der Waals surface area (Å²) in [6.45, 7) is -0.403. The number of carbonyl (C=O) groups is 2. The van der Waals surface area contributed by atoms with Crippen molar-refractivity contribution in [1.82, 2.24) is 10.2 Å². The van der Waals surface area contributed by atoms with Crippen LogP contribution in [0.15, 0.2) is 78.9 Å². The van der Waals surface area contributed by atoms with Crippen LogP contribution in [0.1, 0.15) is 43.2 Å². The minimum atomic E-state index is -3.87. The van der Waals surface area contributed by atoms with Crippen molar-refractivity contribution in [2.45, 2.75) is 57.2 Å². The minimum absolute atomic E-state index is 0.0394. The van der Waals surface area contributed by atoms with Gasteiger partial charge in [0.05, 0.1) is 26.2 Å². The second-order valence-electron chi connectivity index (χ2n) is 10.9. The number of ether oxygens (including phenoxy) is 2. The van der Waals surface area contributed by atoms with Crippen LogP contribution in [0, 0.1) is 0 Å². The van der Waals surface area contributed by atoms with Gasteiger partial charge in [0.2, 0.25) is 21.8 Å². The fourth-order valence-electron chi connectivity index (χ4n) is 5.45. The van der Waals surface area contributed by atoms with Crippen LogP contribution in [0.25, 0.3) is 0 Å². The van der Waals surface area contributed by atoms with E-state index < -0.39 is 28.5 Å². The van der Waals surface area contributed by atoms with Crippen LogP contribution in [-0.2, 0) is 32.6 Å². The van der Waals surface area contributed by atoms with Crippen LogP contribution in [-0.4, -0.2) is 64.2 Å². The molecule has 1 N–H and O–H groups in total. The highest BCUT2D eigenvalue weighted by molar-refractivity contribution is 7.92. The van der Waals surface area contributed by atoms with Crippen LogP contribution in [0.5, 0.6) is 11.5 Å². The highest BCUT2D eigenvalue weighted by atomic mass is 32.2. The number of nitrogens with zero attached hydrogens (tertiary/aromatic N) is 2. The molecule has 43 heavy (non-hydrogen) atoms. The lowest BCUT2D eigenvalue weighted by atomic mass is 9.94. The van der Waals surface area contributed by atoms with E-state index in [2.05, 4.69) is 5.32 Å². The maximum absolute atomic E-state index is 14.3. The molecule has 1 atom stereocenters. The summed E-state index contributed by atoms with van der Waals surface area (Å²) >= 11 is 0. The van der Waals surface area contributed by atoms with Crippen molar-refractivity contribution in [2.24, 2.45) is 0 Å². The Morgan fingerprint density at radius 2 is 1.49 bits per heavy atom. The summed E-state index contributed by atoms with van der Waals surface area (Å²) in [5, 5.41) is 3.21. The fraction of sp³-hybridized carbons (Fsp3) is 0.394. The van der Waals surface area contributed by atoms with Gasteiger partial charge in [0.1, 0.15) is 24.1 Å². The molecule has 1 fully saturated rings. The summed E-state index contributed by atoms with van der Waals surface area (Å²) in [4.78, 5) is 29.8. The molecule has 4 rings (SSSR count). The van der Waals surface area contributed by atoms with Gasteiger partial charge in [-0.2, -0.15) is 0 Å². The zero-order chi connectivity index (χ0) is 30.8. The molecule has 0 heterocycles. The molecule has 10 heteroatoms. The Kier molecular flexibility index (Phi) is 11.1. The van der Waals surface area contributed by atoms with Crippen molar-refractivity contribution < 1.29 is 27.5 Å². The van der Waals surface area contributed by atoms with Gasteiger partial charge in [-0.3, -0.25) is 13.9 Å². The molecular weight excluding hydrogens is 566 g/mol. The van der Waals surface area contributed by atoms with Crippen LogP contribution < -0.4 is 19.1 Å². The van der Waals surface area contributed by atoms with Gasteiger partial charge in [-0.25, -0.2) is 8.42 Å². The van der Waals surface area contributed by atoms with Gasteiger partial charge in [-0.15, -0.1) is 0 Å². The van der Waals surface area contributed by atoms with Crippen LogP contribution in [0.3, 0.4) is 0 Å². The zero-order valence-corrected chi connectivity index (χ0v) is 25.9. The molecule has 0 aromatic heterocycles. The van der Waals surface area contributed by atoms with Crippen LogP contribution >= 0.6 is 0 Å². The van der Waals surface area contributed by atoms with E-state index in [0.29, 0.717) is 17.2 Å². The maximum atomic E-state index is 14.3. The number of rotatable bonds is 13. The molecule has 0 aliphatic heterocycles. The van der Waals surface area contributed by atoms with Gasteiger partial charge in [0, 0.05) is 25.1 Å². The standard InChI is InChI=1S/C33H41N3O6S/c1-41-29-18-10-14-26(20-29)23-35(32(37)24-36(43(3,39)40)28-17-11-19-30(22-28)42-2)31(21-25-12-6-4-7-13-25)33(38)34-27-15-8-5-9-16-27/h4,6-7,10-14,17-20,22,27,31H,5,8-9,15-16,21,23-24H2,1-3H3,(H,34,38). The first-order valence-corrected chi connectivity index (χ1v) is 16.4. The van der Waals surface area contributed by atoms with E-state index in [1.54, 1.807) is 37.4 Å². The lowest BCUT2D eigenvalue weighted by Crippen LogP contribution is -2.55. The normalized spacial score (nSPS) is 14.4. The van der Waals surface area contributed by atoms with Crippen molar-refractivity contribution in [3.05, 3.63) is 90.0 Å². The molecule has 1 aliphatic rings. The molecule has 230 valence electrons. The lowest BCUT2D eigenvalue weighted by Gasteiger charge is -2.35. The third kappa shape index (κ3) is 8.97. The second-order valence-corrected chi connectivity index (χ2v) is 12.8. The van der Waals surface area contributed by atoms with E-state index in [0.717, 1.165) is 53.8 Å². The number of nitrogens with one attached hydrogen (secondary N) is 1. The third-order valence-electron chi connectivity index (χ3n) is 7.73. The third-order valence-corrected chi connectivity index (χ3v) is 8.87. The summed E-state index contributed by atoms with van der Waals surface area (Å²) in [5.41, 5.74) is 1.94. The van der Waals surface area contributed by atoms with Crippen LogP contribution in [0.4, 0.5) is 5.69 Å². The van der Waals surface area contributed by atoms with Gasteiger partial charge >= 0.3 is 0 Å². The topological polar surface area (TPSA) is 105 Å². The molecule has 1 unspecified atom stereocenters. The van der Waals surface area contributed by atoms with E-state index in [-0.39, 0.29) is 24.9 Å². The number of sulfonamides is 1. The summed E-state index contributed by atoms with van der Waals surface area (Å²) in [6.07, 6.45) is 6.36. The number of hydrogen-bond donors (Lipinski definition) is 1. The lowest BCUT2D eigenvalue weighted by molar-refractivity contribution is -0.140. The summed E-state index contributed by atoms with van der Waals surface area (Å²) in [5.74, 6) is 0.320. The van der Waals surface area contributed by atoms with Gasteiger partial charge in [0.25, 0.3) is 0 Å². The highest BCUT2D eigenvalue weighted by Gasteiger charge is 2.34. The van der Waals surface area contributed by atoms with Crippen LogP contribution in [0.2, 0.25) is 0 Å². The first-order valence-electron chi connectivity index (χ1n) is 14.6. The quantitative estimate of drug-likeness (QED) is 0.306.